The van der Waals surface area contributed by atoms with Gasteiger partial charge in [0.05, 0.1) is 6.61 Å². The molecule has 0 radical (unpaired) electrons. The molecule has 0 saturated heterocycles. The van der Waals surface area contributed by atoms with Gasteiger partial charge in [-0.1, -0.05) is 37.6 Å². The quantitative estimate of drug-likeness (QED) is 0.613. The number of ether oxygens (including phenoxy) is 1. The molecule has 5 nitrogen and oxygen atoms in total. The summed E-state index contributed by atoms with van der Waals surface area (Å²) in [5.74, 6) is 0. The van der Waals surface area contributed by atoms with Crippen LogP contribution in [0.15, 0.2) is 24.3 Å². The Bertz CT molecular complexity index is 441. The highest BCUT2D eigenvalue weighted by atomic mass is 35.5. The smallest absolute Gasteiger partial charge is 0.404 e. The number of amides is 1. The highest BCUT2D eigenvalue weighted by Gasteiger charge is 2.12. The van der Waals surface area contributed by atoms with E-state index < -0.39 is 6.09 Å². The number of carbonyl (C=O) groups is 1. The average Bonchev–Trinajstić information content (AvgIpc) is 2.40. The summed E-state index contributed by atoms with van der Waals surface area (Å²) in [5.41, 5.74) is 1.13. The van der Waals surface area contributed by atoms with E-state index in [-0.39, 0.29) is 6.04 Å². The first-order valence-electron chi connectivity index (χ1n) is 7.05. The number of rotatable bonds is 9. The van der Waals surface area contributed by atoms with Crippen LogP contribution in [0.4, 0.5) is 4.79 Å². The fourth-order valence-corrected chi connectivity index (χ4v) is 2.20. The predicted molar refractivity (Wildman–Crippen MR) is 83.9 cm³/mol. The number of hydrogen-bond acceptors (Lipinski definition) is 3. The first-order valence-corrected chi connectivity index (χ1v) is 7.43. The van der Waals surface area contributed by atoms with E-state index in [0.717, 1.165) is 17.0 Å². The van der Waals surface area contributed by atoms with E-state index in [9.17, 15) is 4.79 Å². The van der Waals surface area contributed by atoms with Crippen LogP contribution in [0.2, 0.25) is 5.02 Å². The van der Waals surface area contributed by atoms with Crippen molar-refractivity contribution in [2.45, 2.75) is 32.4 Å². The van der Waals surface area contributed by atoms with Crippen molar-refractivity contribution in [1.82, 2.24) is 10.6 Å². The Morgan fingerprint density at radius 2 is 2.14 bits per heavy atom. The molecule has 1 rings (SSSR count). The molecule has 0 bridgehead atoms. The van der Waals surface area contributed by atoms with Gasteiger partial charge >= 0.3 is 6.09 Å². The van der Waals surface area contributed by atoms with E-state index in [4.69, 9.17) is 21.4 Å². The summed E-state index contributed by atoms with van der Waals surface area (Å²) < 4.78 is 5.45. The molecule has 0 aliphatic rings. The minimum absolute atomic E-state index is 0.163. The standard InChI is InChI=1S/C15H23ClN2O3/c1-11(2)18-14(12-4-3-5-13(16)10-12)6-8-21-9-7-17-15(19)20/h3-5,10-11,14,17-18H,6-9H2,1-2H3,(H,19,20). The monoisotopic (exact) mass is 314 g/mol. The molecule has 21 heavy (non-hydrogen) atoms. The summed E-state index contributed by atoms with van der Waals surface area (Å²) in [5, 5.41) is 14.9. The van der Waals surface area contributed by atoms with Gasteiger partial charge in [0.2, 0.25) is 0 Å². The lowest BCUT2D eigenvalue weighted by molar-refractivity contribution is 0.122. The zero-order valence-electron chi connectivity index (χ0n) is 12.4. The Hall–Kier alpha value is -1.30. The van der Waals surface area contributed by atoms with Crippen LogP contribution in [0.25, 0.3) is 0 Å². The first-order chi connectivity index (χ1) is 9.99. The molecular weight excluding hydrogens is 292 g/mol. The molecule has 3 N–H and O–H groups in total. The van der Waals surface area contributed by atoms with Crippen molar-refractivity contribution in [3.8, 4) is 0 Å². The molecule has 1 amide bonds. The van der Waals surface area contributed by atoms with E-state index >= 15 is 0 Å². The Balaban J connectivity index is 2.42. The number of benzene rings is 1. The van der Waals surface area contributed by atoms with Gasteiger partial charge in [-0.15, -0.1) is 0 Å². The van der Waals surface area contributed by atoms with Gasteiger partial charge in [0, 0.05) is 30.3 Å². The molecule has 1 unspecified atom stereocenters. The Kier molecular flexibility index (Phi) is 8.12. The molecule has 0 spiro atoms. The molecule has 118 valence electrons. The number of hydrogen-bond donors (Lipinski definition) is 3. The van der Waals surface area contributed by atoms with Gasteiger partial charge in [0.15, 0.2) is 0 Å². The van der Waals surface area contributed by atoms with Crippen molar-refractivity contribution >= 4 is 17.7 Å². The van der Waals surface area contributed by atoms with E-state index in [1.54, 1.807) is 0 Å². The van der Waals surface area contributed by atoms with E-state index in [1.807, 2.05) is 24.3 Å². The molecule has 1 atom stereocenters. The van der Waals surface area contributed by atoms with Crippen molar-refractivity contribution in [2.75, 3.05) is 19.8 Å². The molecular formula is C15H23ClN2O3. The van der Waals surface area contributed by atoms with Crippen LogP contribution < -0.4 is 10.6 Å². The summed E-state index contributed by atoms with van der Waals surface area (Å²) in [6.45, 7) is 5.41. The maximum absolute atomic E-state index is 10.3. The van der Waals surface area contributed by atoms with Gasteiger partial charge in [-0.2, -0.15) is 0 Å². The van der Waals surface area contributed by atoms with Crippen molar-refractivity contribution < 1.29 is 14.6 Å². The van der Waals surface area contributed by atoms with Crippen molar-refractivity contribution in [2.24, 2.45) is 0 Å². The van der Waals surface area contributed by atoms with Crippen LogP contribution in [-0.4, -0.2) is 37.0 Å². The molecule has 1 aromatic carbocycles. The van der Waals surface area contributed by atoms with E-state index in [2.05, 4.69) is 24.5 Å². The maximum Gasteiger partial charge on any atom is 0.404 e. The van der Waals surface area contributed by atoms with Gasteiger partial charge in [-0.3, -0.25) is 0 Å². The molecule has 0 heterocycles. The minimum atomic E-state index is -1.03. The molecule has 6 heteroatoms. The third-order valence-corrected chi connectivity index (χ3v) is 3.09. The highest BCUT2D eigenvalue weighted by Crippen LogP contribution is 2.21. The highest BCUT2D eigenvalue weighted by molar-refractivity contribution is 6.30. The Labute approximate surface area is 130 Å². The second-order valence-corrected chi connectivity index (χ2v) is 5.50. The molecule has 0 aliphatic heterocycles. The molecule has 0 aliphatic carbocycles. The molecule has 0 aromatic heterocycles. The van der Waals surface area contributed by atoms with Crippen LogP contribution in [-0.2, 0) is 4.74 Å². The van der Waals surface area contributed by atoms with Crippen LogP contribution in [0.1, 0.15) is 31.9 Å². The fraction of sp³-hybridized carbons (Fsp3) is 0.533. The number of nitrogens with one attached hydrogen (secondary N) is 2. The predicted octanol–water partition coefficient (Wildman–Crippen LogP) is 3.05. The lowest BCUT2D eigenvalue weighted by Gasteiger charge is -2.22. The normalized spacial score (nSPS) is 12.4. The van der Waals surface area contributed by atoms with Crippen molar-refractivity contribution in [3.63, 3.8) is 0 Å². The van der Waals surface area contributed by atoms with E-state index in [0.29, 0.717) is 25.8 Å². The van der Waals surface area contributed by atoms with E-state index in [1.165, 1.54) is 0 Å². The second kappa shape index (κ2) is 9.60. The van der Waals surface area contributed by atoms with Gasteiger partial charge < -0.3 is 20.5 Å². The number of carboxylic acid groups (broad SMARTS) is 1. The summed E-state index contributed by atoms with van der Waals surface area (Å²) in [6, 6.07) is 8.29. The van der Waals surface area contributed by atoms with Gasteiger partial charge in [0.25, 0.3) is 0 Å². The fourth-order valence-electron chi connectivity index (χ4n) is 2.01. The average molecular weight is 315 g/mol. The second-order valence-electron chi connectivity index (χ2n) is 5.06. The summed E-state index contributed by atoms with van der Waals surface area (Å²) in [4.78, 5) is 10.3. The van der Waals surface area contributed by atoms with Gasteiger partial charge in [0.1, 0.15) is 0 Å². The zero-order valence-corrected chi connectivity index (χ0v) is 13.2. The van der Waals surface area contributed by atoms with Gasteiger partial charge in [-0.25, -0.2) is 4.79 Å². The summed E-state index contributed by atoms with van der Waals surface area (Å²) in [7, 11) is 0. The van der Waals surface area contributed by atoms with Gasteiger partial charge in [-0.05, 0) is 24.1 Å². The topological polar surface area (TPSA) is 70.6 Å². The number of halogens is 1. The molecule has 0 fully saturated rings. The minimum Gasteiger partial charge on any atom is -0.465 e. The zero-order chi connectivity index (χ0) is 15.7. The lowest BCUT2D eigenvalue weighted by atomic mass is 10.0. The van der Waals surface area contributed by atoms with Crippen LogP contribution >= 0.6 is 11.6 Å². The van der Waals surface area contributed by atoms with Crippen molar-refractivity contribution in [3.05, 3.63) is 34.9 Å². The molecule has 0 saturated carbocycles. The summed E-state index contributed by atoms with van der Waals surface area (Å²) >= 11 is 6.03. The van der Waals surface area contributed by atoms with Crippen LogP contribution in [0.3, 0.4) is 0 Å². The maximum atomic E-state index is 10.3. The molecule has 1 aromatic rings. The lowest BCUT2D eigenvalue weighted by Crippen LogP contribution is -2.29. The van der Waals surface area contributed by atoms with Crippen LogP contribution in [0, 0.1) is 0 Å². The third-order valence-electron chi connectivity index (χ3n) is 2.86. The Morgan fingerprint density at radius 1 is 1.38 bits per heavy atom. The first kappa shape index (κ1) is 17.8. The SMILES string of the molecule is CC(C)NC(CCOCCNC(=O)O)c1cccc(Cl)c1. The van der Waals surface area contributed by atoms with Crippen LogP contribution in [0.5, 0.6) is 0 Å². The van der Waals surface area contributed by atoms with Crippen molar-refractivity contribution in [1.29, 1.82) is 0 Å². The largest absolute Gasteiger partial charge is 0.465 e. The Morgan fingerprint density at radius 3 is 2.76 bits per heavy atom. The third kappa shape index (κ3) is 7.90. The summed E-state index contributed by atoms with van der Waals surface area (Å²) in [6.07, 6.45) is -0.233.